The van der Waals surface area contributed by atoms with Gasteiger partial charge in [0.25, 0.3) is 11.7 Å². The Morgan fingerprint density at radius 1 is 1.11 bits per heavy atom. The molecule has 0 saturated carbocycles. The van der Waals surface area contributed by atoms with E-state index in [0.29, 0.717) is 16.8 Å². The molecule has 28 heavy (non-hydrogen) atoms. The highest BCUT2D eigenvalue weighted by Gasteiger charge is 2.48. The lowest BCUT2D eigenvalue weighted by Gasteiger charge is -2.37. The number of hydrogen-bond acceptors (Lipinski definition) is 6. The summed E-state index contributed by atoms with van der Waals surface area (Å²) in [4.78, 5) is 42.7. The fourth-order valence-corrected chi connectivity index (χ4v) is 3.47. The predicted molar refractivity (Wildman–Crippen MR) is 98.5 cm³/mol. The highest BCUT2D eigenvalue weighted by molar-refractivity contribution is 6.27. The van der Waals surface area contributed by atoms with Crippen molar-refractivity contribution in [3.63, 3.8) is 0 Å². The number of nitrogens with one attached hydrogen (secondary N) is 1. The lowest BCUT2D eigenvalue weighted by atomic mass is 9.80. The van der Waals surface area contributed by atoms with Crippen molar-refractivity contribution >= 4 is 17.5 Å². The normalized spacial score (nSPS) is 21.2. The average molecular weight is 378 g/mol. The molecule has 0 bridgehead atoms. The molecule has 0 spiro atoms. The molecule has 1 aromatic heterocycles. The van der Waals surface area contributed by atoms with E-state index < -0.39 is 11.7 Å². The standard InChI is InChI=1S/C21H18N2O5/c1-27-21(20(26)23-11-13-6-4-5-9-22-13)10-16-17(12-28-21)19(25)15-8-3-2-7-14(15)18(16)24/h2-9H,10-12H2,1H3,(H,23,26). The van der Waals surface area contributed by atoms with Gasteiger partial charge in [-0.3, -0.25) is 19.4 Å². The second-order valence-corrected chi connectivity index (χ2v) is 6.59. The van der Waals surface area contributed by atoms with Gasteiger partial charge in [0, 0.05) is 42.0 Å². The van der Waals surface area contributed by atoms with Gasteiger partial charge in [0.05, 0.1) is 18.8 Å². The van der Waals surface area contributed by atoms with Gasteiger partial charge in [0.1, 0.15) is 0 Å². The molecule has 1 aliphatic carbocycles. The van der Waals surface area contributed by atoms with Crippen LogP contribution in [-0.4, -0.2) is 42.0 Å². The largest absolute Gasteiger partial charge is 0.346 e. The van der Waals surface area contributed by atoms with Crippen molar-refractivity contribution < 1.29 is 23.9 Å². The molecule has 7 nitrogen and oxygen atoms in total. The molecule has 0 fully saturated rings. The van der Waals surface area contributed by atoms with Gasteiger partial charge in [-0.15, -0.1) is 0 Å². The Balaban J connectivity index is 1.59. The number of pyridine rings is 1. The predicted octanol–water partition coefficient (Wildman–Crippen LogP) is 1.84. The lowest BCUT2D eigenvalue weighted by Crippen LogP contribution is -2.54. The molecular weight excluding hydrogens is 360 g/mol. The number of ketones is 2. The fourth-order valence-electron chi connectivity index (χ4n) is 3.47. The number of carbonyl (C=O) groups excluding carboxylic acids is 3. The number of rotatable bonds is 4. The first kappa shape index (κ1) is 18.2. The summed E-state index contributed by atoms with van der Waals surface area (Å²) < 4.78 is 11.1. The maximum Gasteiger partial charge on any atom is 0.281 e. The summed E-state index contributed by atoms with van der Waals surface area (Å²) in [6.07, 6.45) is 1.50. The van der Waals surface area contributed by atoms with Crippen LogP contribution in [0.4, 0.5) is 0 Å². The number of hydrogen-bond donors (Lipinski definition) is 1. The van der Waals surface area contributed by atoms with Crippen LogP contribution in [0, 0.1) is 0 Å². The maximum absolute atomic E-state index is 12.9. The minimum absolute atomic E-state index is 0.133. The molecule has 2 aliphatic rings. The third kappa shape index (κ3) is 2.94. The molecule has 2 heterocycles. The van der Waals surface area contributed by atoms with Crippen molar-refractivity contribution in [2.75, 3.05) is 13.7 Å². The minimum Gasteiger partial charge on any atom is -0.346 e. The second-order valence-electron chi connectivity index (χ2n) is 6.59. The van der Waals surface area contributed by atoms with Crippen molar-refractivity contribution in [3.8, 4) is 0 Å². The summed E-state index contributed by atoms with van der Waals surface area (Å²) in [6.45, 7) is 0.0227. The van der Waals surface area contributed by atoms with Crippen molar-refractivity contribution in [1.82, 2.24) is 10.3 Å². The quantitative estimate of drug-likeness (QED) is 0.872. The Bertz CT molecular complexity index is 999. The van der Waals surface area contributed by atoms with Gasteiger partial charge in [0.2, 0.25) is 0 Å². The van der Waals surface area contributed by atoms with Gasteiger partial charge < -0.3 is 14.8 Å². The van der Waals surface area contributed by atoms with E-state index in [-0.39, 0.29) is 42.3 Å². The van der Waals surface area contributed by atoms with Crippen molar-refractivity contribution in [1.29, 1.82) is 0 Å². The molecule has 0 saturated heterocycles. The third-order valence-electron chi connectivity index (χ3n) is 5.02. The number of amides is 1. The smallest absolute Gasteiger partial charge is 0.281 e. The highest BCUT2D eigenvalue weighted by atomic mass is 16.7. The van der Waals surface area contributed by atoms with E-state index in [4.69, 9.17) is 9.47 Å². The first-order valence-electron chi connectivity index (χ1n) is 8.83. The van der Waals surface area contributed by atoms with Crippen LogP contribution in [0.5, 0.6) is 0 Å². The summed E-state index contributed by atoms with van der Waals surface area (Å²) >= 11 is 0. The van der Waals surface area contributed by atoms with E-state index in [1.54, 1.807) is 42.6 Å². The van der Waals surface area contributed by atoms with Crippen molar-refractivity contribution in [3.05, 3.63) is 76.6 Å². The van der Waals surface area contributed by atoms with Gasteiger partial charge in [-0.1, -0.05) is 30.3 Å². The first-order valence-corrected chi connectivity index (χ1v) is 8.83. The van der Waals surface area contributed by atoms with Crippen LogP contribution in [0.2, 0.25) is 0 Å². The SMILES string of the molecule is COC1(C(=O)NCc2ccccn2)CC2=C(CO1)C(=O)c1ccccc1C2=O. The molecule has 2 aromatic rings. The second kappa shape index (κ2) is 7.10. The Morgan fingerprint density at radius 3 is 2.43 bits per heavy atom. The zero-order valence-electron chi connectivity index (χ0n) is 15.2. The summed E-state index contributed by atoms with van der Waals surface area (Å²) in [5.74, 6) is -2.71. The van der Waals surface area contributed by atoms with Gasteiger partial charge in [-0.25, -0.2) is 0 Å². The fraction of sp³-hybridized carbons (Fsp3) is 0.238. The third-order valence-corrected chi connectivity index (χ3v) is 5.02. The van der Waals surface area contributed by atoms with Gasteiger partial charge in [0.15, 0.2) is 11.6 Å². The minimum atomic E-state index is -1.67. The van der Waals surface area contributed by atoms with Crippen LogP contribution in [0.15, 0.2) is 59.8 Å². The van der Waals surface area contributed by atoms with E-state index in [2.05, 4.69) is 10.3 Å². The number of fused-ring (bicyclic) bond motifs is 1. The van der Waals surface area contributed by atoms with Crippen molar-refractivity contribution in [2.45, 2.75) is 18.8 Å². The van der Waals surface area contributed by atoms with Crippen LogP contribution in [0.1, 0.15) is 32.8 Å². The molecular formula is C21H18N2O5. The van der Waals surface area contributed by atoms with Crippen molar-refractivity contribution in [2.24, 2.45) is 0 Å². The van der Waals surface area contributed by atoms with E-state index in [0.717, 1.165) is 0 Å². The Labute approximate surface area is 161 Å². The van der Waals surface area contributed by atoms with Crippen LogP contribution in [0.3, 0.4) is 0 Å². The van der Waals surface area contributed by atoms with E-state index in [1.807, 2.05) is 6.07 Å². The summed E-state index contributed by atoms with van der Waals surface area (Å²) in [7, 11) is 1.34. The highest BCUT2D eigenvalue weighted by Crippen LogP contribution is 2.37. The molecule has 7 heteroatoms. The Hall–Kier alpha value is -3.16. The summed E-state index contributed by atoms with van der Waals surface area (Å²) in [6, 6.07) is 12.0. The number of benzene rings is 1. The zero-order valence-corrected chi connectivity index (χ0v) is 15.2. The lowest BCUT2D eigenvalue weighted by molar-refractivity contribution is -0.219. The molecule has 0 radical (unpaired) electrons. The zero-order chi connectivity index (χ0) is 19.7. The number of Topliss-reactive ketones (excluding diaryl/α,β-unsaturated/α-hetero) is 2. The number of carbonyl (C=O) groups is 3. The van der Waals surface area contributed by atoms with Crippen LogP contribution >= 0.6 is 0 Å². The number of methoxy groups -OCH3 is 1. The van der Waals surface area contributed by atoms with E-state index in [1.165, 1.54) is 7.11 Å². The van der Waals surface area contributed by atoms with Gasteiger partial charge >= 0.3 is 0 Å². The van der Waals surface area contributed by atoms with Gasteiger partial charge in [-0.2, -0.15) is 0 Å². The topological polar surface area (TPSA) is 94.6 Å². The van der Waals surface area contributed by atoms with Crippen LogP contribution < -0.4 is 5.32 Å². The molecule has 1 aromatic carbocycles. The number of nitrogens with zero attached hydrogens (tertiary/aromatic N) is 1. The van der Waals surface area contributed by atoms with E-state index in [9.17, 15) is 14.4 Å². The maximum atomic E-state index is 12.9. The summed E-state index contributed by atoms with van der Waals surface area (Å²) in [5.41, 5.74) is 1.93. The number of aromatic nitrogens is 1. The first-order chi connectivity index (χ1) is 13.6. The van der Waals surface area contributed by atoms with Crippen LogP contribution in [0.25, 0.3) is 0 Å². The average Bonchev–Trinajstić information content (AvgIpc) is 2.76. The van der Waals surface area contributed by atoms with Crippen LogP contribution in [-0.2, 0) is 20.8 Å². The molecule has 1 N–H and O–H groups in total. The molecule has 1 atom stereocenters. The Kier molecular flexibility index (Phi) is 4.62. The molecule has 1 unspecified atom stereocenters. The number of ether oxygens (including phenoxy) is 2. The summed E-state index contributed by atoms with van der Waals surface area (Å²) in [5, 5.41) is 2.73. The van der Waals surface area contributed by atoms with E-state index >= 15 is 0 Å². The molecule has 4 rings (SSSR count). The molecule has 1 amide bonds. The molecule has 1 aliphatic heterocycles. The van der Waals surface area contributed by atoms with Gasteiger partial charge in [-0.05, 0) is 12.1 Å². The Morgan fingerprint density at radius 2 is 1.79 bits per heavy atom. The monoisotopic (exact) mass is 378 g/mol. The molecule has 142 valence electrons.